The second kappa shape index (κ2) is 25.7. The van der Waals surface area contributed by atoms with Crippen LogP contribution in [0.25, 0.3) is 50.9 Å². The number of para-hydroxylation sites is 3. The summed E-state index contributed by atoms with van der Waals surface area (Å²) in [5.41, 5.74) is 10.4. The van der Waals surface area contributed by atoms with E-state index < -0.39 is 16.7 Å². The number of hydrogen-bond acceptors (Lipinski definition) is 12. The predicted molar refractivity (Wildman–Crippen MR) is 311 cm³/mol. The normalized spacial score (nSPS) is 11.2. The fraction of sp³-hybridized carbons (Fsp3) is 0.200. The largest absolute Gasteiger partial charge is 3.00 e. The number of nitrogens with one attached hydrogen (secondary N) is 3. The minimum absolute atomic E-state index is 0. The number of aromatic nitrogens is 9. The molecule has 9 aromatic rings. The first-order valence-corrected chi connectivity index (χ1v) is 24.6. The molecule has 6 heterocycles. The van der Waals surface area contributed by atoms with Crippen LogP contribution in [0.15, 0.2) is 142 Å². The van der Waals surface area contributed by atoms with Gasteiger partial charge in [0.2, 0.25) is 17.6 Å². The number of allylic oxidation sites excluding steroid dienone is 6. The zero-order valence-corrected chi connectivity index (χ0v) is 46.5. The van der Waals surface area contributed by atoms with E-state index in [4.69, 9.17) is 14.2 Å². The van der Waals surface area contributed by atoms with Gasteiger partial charge in [0.15, 0.2) is 0 Å². The van der Waals surface area contributed by atoms with E-state index in [-0.39, 0.29) is 88.1 Å². The van der Waals surface area contributed by atoms with Gasteiger partial charge < -0.3 is 59.0 Å². The van der Waals surface area contributed by atoms with Crippen LogP contribution >= 0.6 is 0 Å². The van der Waals surface area contributed by atoms with E-state index in [0.29, 0.717) is 14.2 Å². The molecule has 0 bridgehead atoms. The molecule has 0 atom stereocenters. The van der Waals surface area contributed by atoms with Crippen molar-refractivity contribution in [2.75, 3.05) is 21.3 Å². The van der Waals surface area contributed by atoms with Crippen LogP contribution in [0.1, 0.15) is 88.3 Å². The van der Waals surface area contributed by atoms with E-state index in [1.807, 2.05) is 130 Å². The summed E-state index contributed by atoms with van der Waals surface area (Å²) >= 11 is 0. The van der Waals surface area contributed by atoms with Crippen molar-refractivity contribution in [3.8, 4) is 17.6 Å². The molecular weight excluding hydrogens is 1050 g/mol. The Balaban J connectivity index is 0.000000190. The van der Waals surface area contributed by atoms with E-state index >= 15 is 0 Å². The van der Waals surface area contributed by atoms with Crippen LogP contribution in [0.3, 0.4) is 0 Å². The maximum absolute atomic E-state index is 12.3. The molecule has 0 amide bonds. The number of aryl methyl sites for hydroxylation is 3. The van der Waals surface area contributed by atoms with Gasteiger partial charge in [-0.15, -0.1) is 0 Å². The second-order valence-electron chi connectivity index (χ2n) is 18.6. The van der Waals surface area contributed by atoms with E-state index in [1.54, 1.807) is 0 Å². The first-order chi connectivity index (χ1) is 37.3. The molecule has 19 heteroatoms. The number of fused-ring (bicyclic) bond motifs is 3. The zero-order valence-electron chi connectivity index (χ0n) is 45.3. The Labute approximate surface area is 466 Å². The van der Waals surface area contributed by atoms with E-state index in [0.717, 1.165) is 82.8 Å². The third-order valence-corrected chi connectivity index (χ3v) is 12.6. The summed E-state index contributed by atoms with van der Waals surface area (Å²) in [6.45, 7) is 21.9. The van der Waals surface area contributed by atoms with Crippen LogP contribution in [0.4, 0.5) is 0 Å². The third-order valence-electron chi connectivity index (χ3n) is 12.6. The molecule has 0 aliphatic heterocycles. The quantitative estimate of drug-likeness (QED) is 0.0641. The van der Waals surface area contributed by atoms with Crippen LogP contribution in [0.5, 0.6) is 17.6 Å². The van der Waals surface area contributed by atoms with Crippen molar-refractivity contribution in [1.29, 1.82) is 0 Å². The number of methoxy groups -OCH3 is 3. The Bertz CT molecular complexity index is 3640. The van der Waals surface area contributed by atoms with Crippen LogP contribution in [-0.2, 0) is 36.3 Å². The molecule has 9 rings (SSSR count). The molecule has 3 N–H and O–H groups in total. The minimum Gasteiger partial charge on any atom is -0.803 e. The number of hydrogen-bond donors (Lipinski definition) is 3. The van der Waals surface area contributed by atoms with Gasteiger partial charge in [0.05, 0.1) is 55.0 Å². The van der Waals surface area contributed by atoms with Gasteiger partial charge in [0.1, 0.15) is 17.1 Å². The number of rotatable bonds is 15. The Kier molecular flexibility index (Phi) is 19.2. The fourth-order valence-electron chi connectivity index (χ4n) is 8.60. The van der Waals surface area contributed by atoms with Crippen molar-refractivity contribution in [2.45, 2.75) is 60.8 Å². The Morgan fingerprint density at radius 2 is 0.747 bits per heavy atom. The summed E-state index contributed by atoms with van der Waals surface area (Å²) < 4.78 is 16.7. The first kappa shape index (κ1) is 58.9. The summed E-state index contributed by atoms with van der Waals surface area (Å²) in [7, 11) is 4.31. The van der Waals surface area contributed by atoms with Gasteiger partial charge in [-0.25, -0.2) is 15.0 Å². The minimum atomic E-state index is -0.661. The molecule has 0 aliphatic carbocycles. The average Bonchev–Trinajstić information content (AvgIpc) is 4.28. The van der Waals surface area contributed by atoms with Crippen LogP contribution in [0.2, 0.25) is 0 Å². The summed E-state index contributed by atoms with van der Waals surface area (Å²) in [5.74, 6) is 0.513. The summed E-state index contributed by atoms with van der Waals surface area (Å²) in [5, 5.41) is 39.9. The molecule has 1 radical (unpaired) electrons. The number of H-pyrrole nitrogens is 3. The molecular formula is C60H60FeN9O9. The zero-order chi connectivity index (χ0) is 56.5. The maximum atomic E-state index is 12.3. The predicted octanol–water partition coefficient (Wildman–Crippen LogP) is 10.7. The van der Waals surface area contributed by atoms with Crippen molar-refractivity contribution < 1.29 is 31.3 Å². The van der Waals surface area contributed by atoms with E-state index in [1.165, 1.54) is 42.1 Å². The molecule has 3 aromatic carbocycles. The molecule has 407 valence electrons. The molecule has 0 unspecified atom stereocenters. The monoisotopic (exact) mass is 1110 g/mol. The molecule has 0 fully saturated rings. The maximum Gasteiger partial charge on any atom is 3.00 e. The van der Waals surface area contributed by atoms with Crippen molar-refractivity contribution in [1.82, 2.24) is 44.1 Å². The van der Waals surface area contributed by atoms with Gasteiger partial charge in [-0.1, -0.05) is 128 Å². The van der Waals surface area contributed by atoms with E-state index in [2.05, 4.69) is 49.6 Å². The molecule has 18 nitrogen and oxygen atoms in total. The molecule has 6 aromatic heterocycles. The van der Waals surface area contributed by atoms with Gasteiger partial charge in [-0.2, -0.15) is 0 Å². The van der Waals surface area contributed by atoms with Gasteiger partial charge in [0.25, 0.3) is 16.7 Å². The van der Waals surface area contributed by atoms with Crippen LogP contribution in [0, 0.1) is 36.4 Å². The van der Waals surface area contributed by atoms with Crippen LogP contribution in [-0.4, -0.2) is 65.4 Å². The SMILES string of the molecule is C=C(C)/C=C/c1cccc2c(Cc3c(OC)nc(C)c(=O)n3[O-])c[nH]c12.C=C(C)/C=C/c1cccc2c(Cc3c(OC)nc(C)c(=O)n3[O-])c[nH]c12.C=C(C)/C=C/c1cccc2c(Cc3c(OC)nc(C)c(=O)n3[O-])c[nH]c12.[Fe+3]. The van der Waals surface area contributed by atoms with Crippen molar-refractivity contribution in [2.24, 2.45) is 0 Å². The standard InChI is InChI=1S/3C20H20N3O3.Fe/c3*1-12(2)8-9-14-6-5-7-16-15(11-21-18(14)16)10-17-19(26-4)22-13(3)20(24)23(17)25;/h3*5-9,11,21H,1,10H2,2-4H3;/q3*-1;+3/b3*9-8+;. The second-order valence-corrected chi connectivity index (χ2v) is 18.6. The molecule has 0 saturated carbocycles. The molecule has 0 spiro atoms. The Morgan fingerprint density at radius 3 is 0.975 bits per heavy atom. The number of nitrogens with zero attached hydrogens (tertiary/aromatic N) is 6. The topological polar surface area (TPSA) is 249 Å². The molecule has 0 saturated heterocycles. The summed E-state index contributed by atoms with van der Waals surface area (Å²) in [4.78, 5) is 57.9. The Morgan fingerprint density at radius 1 is 0.494 bits per heavy atom. The fourth-order valence-corrected chi connectivity index (χ4v) is 8.60. The van der Waals surface area contributed by atoms with E-state index in [9.17, 15) is 30.0 Å². The number of ether oxygens (including phenoxy) is 3. The van der Waals surface area contributed by atoms with Crippen molar-refractivity contribution in [3.63, 3.8) is 0 Å². The summed E-state index contributed by atoms with van der Waals surface area (Å²) in [6, 6.07) is 17.8. The smallest absolute Gasteiger partial charge is 0.803 e. The number of aromatic amines is 3. The number of benzene rings is 3. The van der Waals surface area contributed by atoms with Crippen molar-refractivity contribution in [3.05, 3.63) is 242 Å². The Hall–Kier alpha value is -9.32. The molecule has 79 heavy (non-hydrogen) atoms. The van der Waals surface area contributed by atoms with Crippen LogP contribution < -0.4 is 30.9 Å². The third kappa shape index (κ3) is 13.1. The van der Waals surface area contributed by atoms with Gasteiger partial charge in [-0.3, -0.25) is 14.4 Å². The van der Waals surface area contributed by atoms with Gasteiger partial charge >= 0.3 is 17.1 Å². The average molecular weight is 1110 g/mol. The van der Waals surface area contributed by atoms with Gasteiger partial charge in [0, 0.05) is 54.0 Å². The first-order valence-electron chi connectivity index (χ1n) is 24.6. The summed E-state index contributed by atoms with van der Waals surface area (Å²) in [6.07, 6.45) is 18.0. The van der Waals surface area contributed by atoms with Gasteiger partial charge in [-0.05, 0) is 74.9 Å². The molecule has 0 aliphatic rings. The van der Waals surface area contributed by atoms with Crippen molar-refractivity contribution >= 4 is 50.9 Å².